The van der Waals surface area contributed by atoms with Crippen LogP contribution in [0, 0.1) is 0 Å². The third-order valence-corrected chi connectivity index (χ3v) is 3.94. The number of nitrogens with zero attached hydrogens (tertiary/aromatic N) is 1. The summed E-state index contributed by atoms with van der Waals surface area (Å²) in [7, 11) is 0. The van der Waals surface area contributed by atoms with E-state index in [0.29, 0.717) is 12.2 Å². The molecule has 5 heteroatoms. The molecule has 1 aliphatic heterocycles. The first-order chi connectivity index (χ1) is 10.8. The summed E-state index contributed by atoms with van der Waals surface area (Å²) in [5.74, 6) is -0.0442. The average molecular weight is 298 g/mol. The van der Waals surface area contributed by atoms with E-state index in [-0.39, 0.29) is 5.91 Å². The molecule has 1 aromatic carbocycles. The predicted octanol–water partition coefficient (Wildman–Crippen LogP) is 1.32. The molecular formula is C17H22N4O. The lowest BCUT2D eigenvalue weighted by molar-refractivity contribution is 0.0943. The van der Waals surface area contributed by atoms with E-state index in [9.17, 15) is 4.79 Å². The second-order valence-electron chi connectivity index (χ2n) is 5.50. The van der Waals surface area contributed by atoms with Gasteiger partial charge in [-0.2, -0.15) is 0 Å². The third-order valence-electron chi connectivity index (χ3n) is 3.94. The summed E-state index contributed by atoms with van der Waals surface area (Å²) in [5, 5.41) is 6.30. The van der Waals surface area contributed by atoms with E-state index in [1.165, 1.54) is 0 Å². The van der Waals surface area contributed by atoms with Crippen LogP contribution in [0.4, 0.5) is 0 Å². The minimum Gasteiger partial charge on any atom is -0.351 e. The van der Waals surface area contributed by atoms with E-state index in [2.05, 4.69) is 20.5 Å². The van der Waals surface area contributed by atoms with Crippen LogP contribution >= 0.6 is 0 Å². The van der Waals surface area contributed by atoms with Gasteiger partial charge in [0.1, 0.15) is 5.69 Å². The van der Waals surface area contributed by atoms with Gasteiger partial charge in [0.15, 0.2) is 0 Å². The standard InChI is InChI=1S/C17H22N4O/c22-17(19-10-13-21-11-8-18-9-12-21)16-7-6-15(20-16)14-4-2-1-3-5-14/h1-7,18,20H,8-13H2,(H,19,22). The number of H-pyrrole nitrogens is 1. The van der Waals surface area contributed by atoms with Crippen LogP contribution in [0.1, 0.15) is 10.5 Å². The number of amides is 1. The van der Waals surface area contributed by atoms with Gasteiger partial charge >= 0.3 is 0 Å². The van der Waals surface area contributed by atoms with E-state index in [4.69, 9.17) is 0 Å². The lowest BCUT2D eigenvalue weighted by Gasteiger charge is -2.27. The van der Waals surface area contributed by atoms with Crippen LogP contribution in [0.5, 0.6) is 0 Å². The van der Waals surface area contributed by atoms with Crippen molar-refractivity contribution < 1.29 is 4.79 Å². The molecule has 5 nitrogen and oxygen atoms in total. The molecule has 1 aromatic heterocycles. The van der Waals surface area contributed by atoms with Gasteiger partial charge < -0.3 is 15.6 Å². The molecule has 1 aliphatic rings. The minimum absolute atomic E-state index is 0.0442. The molecule has 0 aliphatic carbocycles. The van der Waals surface area contributed by atoms with Crippen LogP contribution in [0.2, 0.25) is 0 Å². The van der Waals surface area contributed by atoms with Gasteiger partial charge in [0.25, 0.3) is 5.91 Å². The number of benzene rings is 1. The maximum Gasteiger partial charge on any atom is 0.267 e. The van der Waals surface area contributed by atoms with Crippen molar-refractivity contribution in [3.05, 3.63) is 48.2 Å². The SMILES string of the molecule is O=C(NCCN1CCNCC1)c1ccc(-c2ccccc2)[nH]1. The molecule has 2 aromatic rings. The van der Waals surface area contributed by atoms with Gasteiger partial charge in [0, 0.05) is 45.0 Å². The molecule has 0 bridgehead atoms. The molecule has 1 amide bonds. The quantitative estimate of drug-likeness (QED) is 0.780. The zero-order valence-corrected chi connectivity index (χ0v) is 12.6. The number of aromatic amines is 1. The average Bonchev–Trinajstić information content (AvgIpc) is 3.07. The minimum atomic E-state index is -0.0442. The van der Waals surface area contributed by atoms with Crippen molar-refractivity contribution in [3.63, 3.8) is 0 Å². The summed E-state index contributed by atoms with van der Waals surface area (Å²) >= 11 is 0. The van der Waals surface area contributed by atoms with Gasteiger partial charge in [-0.15, -0.1) is 0 Å². The number of aromatic nitrogens is 1. The summed E-state index contributed by atoms with van der Waals surface area (Å²) < 4.78 is 0. The van der Waals surface area contributed by atoms with Crippen molar-refractivity contribution in [2.45, 2.75) is 0 Å². The van der Waals surface area contributed by atoms with Crippen molar-refractivity contribution in [2.75, 3.05) is 39.3 Å². The third kappa shape index (κ3) is 3.75. The van der Waals surface area contributed by atoms with E-state index < -0.39 is 0 Å². The highest BCUT2D eigenvalue weighted by atomic mass is 16.1. The molecule has 1 saturated heterocycles. The molecule has 0 saturated carbocycles. The van der Waals surface area contributed by atoms with E-state index >= 15 is 0 Å². The number of hydrogen-bond acceptors (Lipinski definition) is 3. The number of carbonyl (C=O) groups excluding carboxylic acids is 1. The highest BCUT2D eigenvalue weighted by Crippen LogP contribution is 2.17. The van der Waals surface area contributed by atoms with E-state index in [1.54, 1.807) is 0 Å². The summed E-state index contributed by atoms with van der Waals surface area (Å²) in [5.41, 5.74) is 2.66. The molecule has 1 fully saturated rings. The molecular weight excluding hydrogens is 276 g/mol. The Morgan fingerprint density at radius 1 is 1.09 bits per heavy atom. The van der Waals surface area contributed by atoms with Crippen molar-refractivity contribution in [3.8, 4) is 11.3 Å². The van der Waals surface area contributed by atoms with Crippen LogP contribution in [0.15, 0.2) is 42.5 Å². The first-order valence-electron chi connectivity index (χ1n) is 7.78. The van der Waals surface area contributed by atoms with Gasteiger partial charge in [-0.05, 0) is 17.7 Å². The maximum atomic E-state index is 12.2. The van der Waals surface area contributed by atoms with E-state index in [0.717, 1.165) is 44.0 Å². The summed E-state index contributed by atoms with van der Waals surface area (Å²) in [6.45, 7) is 5.75. The van der Waals surface area contributed by atoms with Crippen molar-refractivity contribution in [1.29, 1.82) is 0 Å². The van der Waals surface area contributed by atoms with Crippen molar-refractivity contribution in [2.24, 2.45) is 0 Å². The Balaban J connectivity index is 1.51. The summed E-state index contributed by atoms with van der Waals surface area (Å²) in [6.07, 6.45) is 0. The molecule has 22 heavy (non-hydrogen) atoms. The second-order valence-corrected chi connectivity index (χ2v) is 5.50. The first kappa shape index (κ1) is 14.8. The Labute approximate surface area is 130 Å². The van der Waals surface area contributed by atoms with Crippen LogP contribution in [-0.2, 0) is 0 Å². The second kappa shape index (κ2) is 7.24. The Bertz CT molecular complexity index is 602. The topological polar surface area (TPSA) is 60.2 Å². The summed E-state index contributed by atoms with van der Waals surface area (Å²) in [4.78, 5) is 17.7. The number of rotatable bonds is 5. The van der Waals surface area contributed by atoms with Gasteiger partial charge in [0.05, 0.1) is 0 Å². The smallest absolute Gasteiger partial charge is 0.267 e. The van der Waals surface area contributed by atoms with Crippen molar-refractivity contribution >= 4 is 5.91 Å². The molecule has 0 atom stereocenters. The van der Waals surface area contributed by atoms with Gasteiger partial charge in [-0.3, -0.25) is 9.69 Å². The molecule has 3 rings (SSSR count). The number of carbonyl (C=O) groups is 1. The molecule has 116 valence electrons. The Morgan fingerprint density at radius 2 is 1.86 bits per heavy atom. The van der Waals surface area contributed by atoms with Gasteiger partial charge in [-0.1, -0.05) is 30.3 Å². The fraction of sp³-hybridized carbons (Fsp3) is 0.353. The number of hydrogen-bond donors (Lipinski definition) is 3. The lowest BCUT2D eigenvalue weighted by Crippen LogP contribution is -2.46. The number of nitrogens with one attached hydrogen (secondary N) is 3. The highest BCUT2D eigenvalue weighted by molar-refractivity contribution is 5.93. The van der Waals surface area contributed by atoms with Crippen molar-refractivity contribution in [1.82, 2.24) is 20.5 Å². The molecule has 0 radical (unpaired) electrons. The largest absolute Gasteiger partial charge is 0.351 e. The zero-order valence-electron chi connectivity index (χ0n) is 12.6. The van der Waals surface area contributed by atoms with Crippen LogP contribution < -0.4 is 10.6 Å². The monoisotopic (exact) mass is 298 g/mol. The Morgan fingerprint density at radius 3 is 2.64 bits per heavy atom. The Hall–Kier alpha value is -2.11. The Kier molecular flexibility index (Phi) is 4.88. The molecule has 2 heterocycles. The lowest BCUT2D eigenvalue weighted by atomic mass is 10.2. The first-order valence-corrected chi connectivity index (χ1v) is 7.78. The zero-order chi connectivity index (χ0) is 15.2. The molecule has 3 N–H and O–H groups in total. The maximum absolute atomic E-state index is 12.2. The van der Waals surface area contributed by atoms with E-state index in [1.807, 2.05) is 42.5 Å². The van der Waals surface area contributed by atoms with Crippen LogP contribution in [-0.4, -0.2) is 55.1 Å². The predicted molar refractivity (Wildman–Crippen MR) is 87.9 cm³/mol. The molecule has 0 spiro atoms. The fourth-order valence-electron chi connectivity index (χ4n) is 2.67. The fourth-order valence-corrected chi connectivity index (χ4v) is 2.67. The van der Waals surface area contributed by atoms with Gasteiger partial charge in [-0.25, -0.2) is 0 Å². The van der Waals surface area contributed by atoms with Gasteiger partial charge in [0.2, 0.25) is 0 Å². The summed E-state index contributed by atoms with van der Waals surface area (Å²) in [6, 6.07) is 13.8. The van der Waals surface area contributed by atoms with Crippen LogP contribution in [0.25, 0.3) is 11.3 Å². The highest BCUT2D eigenvalue weighted by Gasteiger charge is 2.11. The molecule has 0 unspecified atom stereocenters. The normalized spacial score (nSPS) is 15.6. The van der Waals surface area contributed by atoms with Crippen LogP contribution in [0.3, 0.4) is 0 Å². The number of piperazine rings is 1.